The molecule has 0 amide bonds. The summed E-state index contributed by atoms with van der Waals surface area (Å²) in [6.45, 7) is 11.6. The smallest absolute Gasteiger partial charge is 0.0741 e. The molecule has 0 aromatic rings. The summed E-state index contributed by atoms with van der Waals surface area (Å²) in [6, 6.07) is 0. The Labute approximate surface area is 98.7 Å². The van der Waals surface area contributed by atoms with E-state index in [-0.39, 0.29) is 0 Å². The van der Waals surface area contributed by atoms with E-state index in [4.69, 9.17) is 11.1 Å². The van der Waals surface area contributed by atoms with Gasteiger partial charge in [-0.15, -0.1) is 6.58 Å². The topological polar surface area (TPSA) is 62.2 Å². The summed E-state index contributed by atoms with van der Waals surface area (Å²) in [5.74, 6) is 0.843. The molecule has 0 saturated heterocycles. The van der Waals surface area contributed by atoms with E-state index in [1.165, 1.54) is 0 Å². The van der Waals surface area contributed by atoms with Crippen LogP contribution in [0.25, 0.3) is 0 Å². The average molecular weight is 221 g/mol. The minimum atomic E-state index is 0.374. The summed E-state index contributed by atoms with van der Waals surface area (Å²) in [7, 11) is 0. The predicted octanol–water partition coefficient (Wildman–Crippen LogP) is 3.14. The Kier molecular flexibility index (Phi) is 6.38. The van der Waals surface area contributed by atoms with E-state index < -0.39 is 0 Å². The van der Waals surface area contributed by atoms with Crippen molar-refractivity contribution in [1.82, 2.24) is 0 Å². The fourth-order valence-corrected chi connectivity index (χ4v) is 1.33. The van der Waals surface area contributed by atoms with Gasteiger partial charge in [-0.1, -0.05) is 19.9 Å². The van der Waals surface area contributed by atoms with Crippen LogP contribution in [0.15, 0.2) is 29.0 Å². The van der Waals surface area contributed by atoms with Crippen LogP contribution in [-0.4, -0.2) is 11.9 Å². The van der Waals surface area contributed by atoms with Crippen LogP contribution < -0.4 is 5.73 Å². The lowest BCUT2D eigenvalue weighted by Gasteiger charge is -2.17. The Morgan fingerprint density at radius 1 is 1.50 bits per heavy atom. The zero-order chi connectivity index (χ0) is 12.7. The van der Waals surface area contributed by atoms with Crippen molar-refractivity contribution in [2.75, 3.05) is 0 Å². The van der Waals surface area contributed by atoms with Crippen molar-refractivity contribution < 1.29 is 0 Å². The number of hydrogen-bond donors (Lipinski definition) is 2. The van der Waals surface area contributed by atoms with Gasteiger partial charge in [-0.3, -0.25) is 4.99 Å². The normalized spacial score (nSPS) is 16.8. The molecule has 0 aliphatic heterocycles. The highest BCUT2D eigenvalue weighted by Crippen LogP contribution is 2.22. The number of nitrogens with one attached hydrogen (secondary N) is 1. The number of nitrogens with two attached hydrogens (primary N) is 1. The van der Waals surface area contributed by atoms with Crippen molar-refractivity contribution in [3.05, 3.63) is 24.0 Å². The molecule has 0 saturated carbocycles. The molecule has 2 unspecified atom stereocenters. The molecule has 0 aliphatic rings. The van der Waals surface area contributed by atoms with Crippen LogP contribution in [0.5, 0.6) is 0 Å². The van der Waals surface area contributed by atoms with Crippen molar-refractivity contribution in [2.45, 2.75) is 34.1 Å². The maximum Gasteiger partial charge on any atom is 0.0741 e. The zero-order valence-corrected chi connectivity index (χ0v) is 10.7. The van der Waals surface area contributed by atoms with Crippen molar-refractivity contribution in [1.29, 1.82) is 5.41 Å². The number of aliphatic imine (C=N–C) groups is 1. The molecule has 0 aromatic carbocycles. The van der Waals surface area contributed by atoms with E-state index >= 15 is 0 Å². The van der Waals surface area contributed by atoms with E-state index in [1.54, 1.807) is 13.1 Å². The van der Waals surface area contributed by atoms with E-state index in [0.717, 1.165) is 12.1 Å². The van der Waals surface area contributed by atoms with Crippen LogP contribution >= 0.6 is 0 Å². The molecule has 90 valence electrons. The molecule has 3 nitrogen and oxygen atoms in total. The van der Waals surface area contributed by atoms with Gasteiger partial charge in [0.15, 0.2) is 0 Å². The molecule has 0 fully saturated rings. The first-order valence-corrected chi connectivity index (χ1v) is 5.59. The fourth-order valence-electron chi connectivity index (χ4n) is 1.33. The van der Waals surface area contributed by atoms with Gasteiger partial charge in [-0.05, 0) is 32.1 Å². The lowest BCUT2D eigenvalue weighted by atomic mass is 9.91. The molecule has 16 heavy (non-hydrogen) atoms. The first kappa shape index (κ1) is 14.6. The molecular weight excluding hydrogens is 198 g/mol. The minimum Gasteiger partial charge on any atom is -0.396 e. The molecule has 0 spiro atoms. The molecule has 0 heterocycles. The molecule has 0 rings (SSSR count). The van der Waals surface area contributed by atoms with Crippen LogP contribution in [0.4, 0.5) is 0 Å². The van der Waals surface area contributed by atoms with Crippen molar-refractivity contribution >= 4 is 11.9 Å². The van der Waals surface area contributed by atoms with Gasteiger partial charge in [0, 0.05) is 6.21 Å². The zero-order valence-electron chi connectivity index (χ0n) is 10.7. The third-order valence-corrected chi connectivity index (χ3v) is 2.78. The van der Waals surface area contributed by atoms with Crippen LogP contribution in [-0.2, 0) is 0 Å². The second-order valence-electron chi connectivity index (χ2n) is 4.15. The highest BCUT2D eigenvalue weighted by Gasteiger charge is 2.13. The van der Waals surface area contributed by atoms with E-state index in [9.17, 15) is 0 Å². The van der Waals surface area contributed by atoms with Crippen LogP contribution in [0, 0.1) is 17.2 Å². The van der Waals surface area contributed by atoms with Crippen LogP contribution in [0.2, 0.25) is 0 Å². The Morgan fingerprint density at radius 2 is 2.06 bits per heavy atom. The molecule has 3 N–H and O–H groups in total. The van der Waals surface area contributed by atoms with E-state index in [2.05, 4.69) is 25.4 Å². The third kappa shape index (κ3) is 4.43. The van der Waals surface area contributed by atoms with Crippen LogP contribution in [0.1, 0.15) is 34.1 Å². The van der Waals surface area contributed by atoms with Crippen molar-refractivity contribution in [3.8, 4) is 0 Å². The fraction of sp³-hybridized carbons (Fsp3) is 0.538. The highest BCUT2D eigenvalue weighted by molar-refractivity contribution is 5.95. The first-order chi connectivity index (χ1) is 7.43. The largest absolute Gasteiger partial charge is 0.396 e. The summed E-state index contributed by atoms with van der Waals surface area (Å²) >= 11 is 0. The van der Waals surface area contributed by atoms with Gasteiger partial charge in [0.25, 0.3) is 0 Å². The Bertz CT molecular complexity index is 313. The number of rotatable bonds is 6. The third-order valence-electron chi connectivity index (χ3n) is 2.78. The highest BCUT2D eigenvalue weighted by atomic mass is 14.8. The standard InChI is InChI=1S/C13H23N3/c1-6-9(3)10(4)8-12(16-7-2)13(15)11(5)14/h6-7,9-10,14H,1,8,15H2,2-5H3/b13-12+,14-11?,16-7?. The monoisotopic (exact) mass is 221 g/mol. The Hall–Kier alpha value is -1.38. The van der Waals surface area contributed by atoms with Crippen molar-refractivity contribution in [2.24, 2.45) is 22.6 Å². The Balaban J connectivity index is 4.90. The maximum absolute atomic E-state index is 7.53. The van der Waals surface area contributed by atoms with Gasteiger partial charge in [-0.2, -0.15) is 0 Å². The second-order valence-corrected chi connectivity index (χ2v) is 4.15. The van der Waals surface area contributed by atoms with Gasteiger partial charge in [0.2, 0.25) is 0 Å². The summed E-state index contributed by atoms with van der Waals surface area (Å²) in [6.07, 6.45) is 4.43. The SMILES string of the molecule is C=CC(C)C(C)C/C(N=CC)=C(\N)C(C)=N. The van der Waals surface area contributed by atoms with Gasteiger partial charge in [0.05, 0.1) is 17.1 Å². The number of allylic oxidation sites excluding steroid dienone is 3. The summed E-state index contributed by atoms with van der Waals surface area (Å²) in [5.41, 5.74) is 7.52. The molecule has 0 radical (unpaired) electrons. The quantitative estimate of drug-likeness (QED) is 0.525. The molecule has 0 aliphatic carbocycles. The summed E-state index contributed by atoms with van der Waals surface area (Å²) < 4.78 is 0. The maximum atomic E-state index is 7.53. The van der Waals surface area contributed by atoms with Crippen molar-refractivity contribution in [3.63, 3.8) is 0 Å². The number of nitrogens with zero attached hydrogens (tertiary/aromatic N) is 1. The molecule has 2 atom stereocenters. The minimum absolute atomic E-state index is 0.374. The summed E-state index contributed by atoms with van der Waals surface area (Å²) in [4.78, 5) is 4.26. The average Bonchev–Trinajstić information content (AvgIpc) is 2.25. The molecular formula is C13H23N3. The lowest BCUT2D eigenvalue weighted by Crippen LogP contribution is -2.13. The van der Waals surface area contributed by atoms with Gasteiger partial charge in [-0.25, -0.2) is 0 Å². The Morgan fingerprint density at radius 3 is 2.44 bits per heavy atom. The lowest BCUT2D eigenvalue weighted by molar-refractivity contribution is 0.454. The molecule has 3 heteroatoms. The van der Waals surface area contributed by atoms with E-state index in [1.807, 2.05) is 13.0 Å². The first-order valence-electron chi connectivity index (χ1n) is 5.59. The predicted molar refractivity (Wildman–Crippen MR) is 71.9 cm³/mol. The van der Waals surface area contributed by atoms with E-state index in [0.29, 0.717) is 23.2 Å². The van der Waals surface area contributed by atoms with Gasteiger partial charge >= 0.3 is 0 Å². The van der Waals surface area contributed by atoms with Crippen LogP contribution in [0.3, 0.4) is 0 Å². The molecule has 0 bridgehead atoms. The number of hydrogen-bond acceptors (Lipinski definition) is 3. The molecule has 0 aromatic heterocycles. The van der Waals surface area contributed by atoms with Gasteiger partial charge < -0.3 is 11.1 Å². The second kappa shape index (κ2) is 6.99. The summed E-state index contributed by atoms with van der Waals surface area (Å²) in [5, 5.41) is 7.53. The van der Waals surface area contributed by atoms with Gasteiger partial charge in [0.1, 0.15) is 0 Å².